The van der Waals surface area contributed by atoms with Crippen molar-refractivity contribution < 1.29 is 21.2 Å². The normalized spacial score (nSPS) is 16.9. The number of hydrogen-bond donors (Lipinski definition) is 1. The molecule has 9 heteroatoms. The number of aryl methyl sites for hydroxylation is 2. The SMILES string of the molecule is Cc1cc(S(=O)(=O)NCc2ccccc2F)c(C)cc1N1CCCCS1(=O)=O. The lowest BCUT2D eigenvalue weighted by molar-refractivity contribution is 0.573. The van der Waals surface area contributed by atoms with Gasteiger partial charge in [-0.25, -0.2) is 25.9 Å². The van der Waals surface area contributed by atoms with Crippen LogP contribution < -0.4 is 9.03 Å². The third-order valence-corrected chi connectivity index (χ3v) is 8.21. The van der Waals surface area contributed by atoms with Gasteiger partial charge in [-0.05, 0) is 56.0 Å². The number of rotatable bonds is 5. The van der Waals surface area contributed by atoms with Gasteiger partial charge in [0.25, 0.3) is 0 Å². The number of anilines is 1. The molecule has 1 heterocycles. The van der Waals surface area contributed by atoms with Crippen LogP contribution in [0.15, 0.2) is 41.3 Å². The molecule has 0 atom stereocenters. The Hall–Kier alpha value is -1.97. The summed E-state index contributed by atoms with van der Waals surface area (Å²) in [5.74, 6) is -0.390. The molecule has 1 N–H and O–H groups in total. The van der Waals surface area contributed by atoms with Gasteiger partial charge in [0.1, 0.15) is 5.82 Å². The molecule has 1 saturated heterocycles. The molecule has 0 aliphatic carbocycles. The zero-order valence-corrected chi connectivity index (χ0v) is 17.4. The fraction of sp³-hybridized carbons (Fsp3) is 0.368. The first-order chi connectivity index (χ1) is 13.1. The minimum atomic E-state index is -3.89. The van der Waals surface area contributed by atoms with E-state index < -0.39 is 25.9 Å². The highest BCUT2D eigenvalue weighted by Crippen LogP contribution is 2.31. The number of hydrogen-bond acceptors (Lipinski definition) is 4. The maximum atomic E-state index is 13.7. The van der Waals surface area contributed by atoms with Gasteiger partial charge in [0, 0.05) is 18.7 Å². The summed E-state index contributed by atoms with van der Waals surface area (Å²) < 4.78 is 67.8. The molecule has 1 aliphatic heterocycles. The molecule has 0 saturated carbocycles. The van der Waals surface area contributed by atoms with E-state index >= 15 is 0 Å². The summed E-state index contributed by atoms with van der Waals surface area (Å²) in [7, 11) is -7.28. The average molecular weight is 427 g/mol. The van der Waals surface area contributed by atoms with Crippen LogP contribution in [0.5, 0.6) is 0 Å². The fourth-order valence-corrected chi connectivity index (χ4v) is 6.29. The maximum Gasteiger partial charge on any atom is 0.241 e. The Morgan fingerprint density at radius 3 is 2.50 bits per heavy atom. The quantitative estimate of drug-likeness (QED) is 0.797. The van der Waals surface area contributed by atoms with Crippen LogP contribution in [-0.2, 0) is 26.6 Å². The summed E-state index contributed by atoms with van der Waals surface area (Å²) in [5.41, 5.74) is 1.74. The molecule has 2 aromatic rings. The summed E-state index contributed by atoms with van der Waals surface area (Å²) in [6, 6.07) is 9.02. The first-order valence-electron chi connectivity index (χ1n) is 8.96. The van der Waals surface area contributed by atoms with Gasteiger partial charge in [0.15, 0.2) is 0 Å². The van der Waals surface area contributed by atoms with Gasteiger partial charge < -0.3 is 0 Å². The van der Waals surface area contributed by atoms with E-state index in [0.29, 0.717) is 29.8 Å². The zero-order chi connectivity index (χ0) is 20.5. The lowest BCUT2D eigenvalue weighted by atomic mass is 10.1. The van der Waals surface area contributed by atoms with Crippen molar-refractivity contribution in [1.82, 2.24) is 4.72 Å². The van der Waals surface area contributed by atoms with Gasteiger partial charge in [0.2, 0.25) is 20.0 Å². The first kappa shape index (κ1) is 20.8. The molecule has 1 aliphatic rings. The highest BCUT2D eigenvalue weighted by Gasteiger charge is 2.28. The van der Waals surface area contributed by atoms with E-state index in [0.717, 1.165) is 6.42 Å². The van der Waals surface area contributed by atoms with E-state index in [-0.39, 0.29) is 22.8 Å². The van der Waals surface area contributed by atoms with Crippen LogP contribution in [0.4, 0.5) is 10.1 Å². The van der Waals surface area contributed by atoms with Crippen molar-refractivity contribution in [2.45, 2.75) is 38.1 Å². The predicted molar refractivity (Wildman–Crippen MR) is 107 cm³/mol. The molecule has 0 bridgehead atoms. The number of benzene rings is 2. The van der Waals surface area contributed by atoms with Crippen LogP contribution in [0.1, 0.15) is 29.5 Å². The van der Waals surface area contributed by atoms with E-state index in [9.17, 15) is 21.2 Å². The van der Waals surface area contributed by atoms with Crippen molar-refractivity contribution >= 4 is 25.7 Å². The Balaban J connectivity index is 1.90. The number of halogens is 1. The van der Waals surface area contributed by atoms with Crippen molar-refractivity contribution in [3.05, 3.63) is 58.9 Å². The van der Waals surface area contributed by atoms with Crippen molar-refractivity contribution in [2.24, 2.45) is 0 Å². The van der Waals surface area contributed by atoms with E-state index in [1.165, 1.54) is 28.6 Å². The molecule has 3 rings (SSSR count). The second-order valence-corrected chi connectivity index (χ2v) is 10.7. The Morgan fingerprint density at radius 2 is 1.82 bits per heavy atom. The molecule has 152 valence electrons. The number of nitrogens with zero attached hydrogens (tertiary/aromatic N) is 1. The second-order valence-electron chi connectivity index (χ2n) is 6.92. The molecular formula is C19H23FN2O4S2. The van der Waals surface area contributed by atoms with Gasteiger partial charge in [-0.3, -0.25) is 4.31 Å². The summed E-state index contributed by atoms with van der Waals surface area (Å²) in [6.07, 6.45) is 1.39. The smallest absolute Gasteiger partial charge is 0.241 e. The van der Waals surface area contributed by atoms with Crippen LogP contribution >= 0.6 is 0 Å². The summed E-state index contributed by atoms with van der Waals surface area (Å²) in [4.78, 5) is 0.0551. The monoisotopic (exact) mass is 426 g/mol. The van der Waals surface area contributed by atoms with Crippen molar-refractivity contribution in [3.63, 3.8) is 0 Å². The Labute approximate surface area is 165 Å². The maximum absolute atomic E-state index is 13.7. The van der Waals surface area contributed by atoms with Gasteiger partial charge >= 0.3 is 0 Å². The van der Waals surface area contributed by atoms with E-state index in [4.69, 9.17) is 0 Å². The van der Waals surface area contributed by atoms with Crippen molar-refractivity contribution in [1.29, 1.82) is 0 Å². The molecule has 0 spiro atoms. The van der Waals surface area contributed by atoms with Crippen molar-refractivity contribution in [3.8, 4) is 0 Å². The molecule has 6 nitrogen and oxygen atoms in total. The van der Waals surface area contributed by atoms with E-state index in [1.807, 2.05) is 0 Å². The van der Waals surface area contributed by atoms with Crippen LogP contribution in [0, 0.1) is 19.7 Å². The minimum absolute atomic E-state index is 0.0551. The van der Waals surface area contributed by atoms with Gasteiger partial charge in [-0.15, -0.1) is 0 Å². The number of nitrogens with one attached hydrogen (secondary N) is 1. The average Bonchev–Trinajstić information content (AvgIpc) is 2.62. The first-order valence-corrected chi connectivity index (χ1v) is 12.1. The van der Waals surface area contributed by atoms with E-state index in [1.54, 1.807) is 26.0 Å². The summed E-state index contributed by atoms with van der Waals surface area (Å²) in [5, 5.41) is 0. The highest BCUT2D eigenvalue weighted by molar-refractivity contribution is 7.92. The minimum Gasteiger partial charge on any atom is -0.270 e. The molecule has 1 fully saturated rings. The van der Waals surface area contributed by atoms with Crippen molar-refractivity contribution in [2.75, 3.05) is 16.6 Å². The molecule has 28 heavy (non-hydrogen) atoms. The second kappa shape index (κ2) is 7.81. The van der Waals surface area contributed by atoms with Gasteiger partial charge in [0.05, 0.1) is 16.3 Å². The molecular weight excluding hydrogens is 403 g/mol. The summed E-state index contributed by atoms with van der Waals surface area (Å²) >= 11 is 0. The fourth-order valence-electron chi connectivity index (χ4n) is 3.28. The Kier molecular flexibility index (Phi) is 5.79. The molecule has 0 unspecified atom stereocenters. The highest BCUT2D eigenvalue weighted by atomic mass is 32.2. The van der Waals surface area contributed by atoms with Crippen LogP contribution in [0.3, 0.4) is 0 Å². The standard InChI is InChI=1S/C19H23FN2O4S2/c1-14-12-19(28(25,26)21-13-16-7-3-4-8-17(16)20)15(2)11-18(14)22-9-5-6-10-27(22,23)24/h3-4,7-8,11-12,21H,5-6,9-10,13H2,1-2H3. The molecule has 0 amide bonds. The van der Waals surface area contributed by atoms with Gasteiger partial charge in [-0.1, -0.05) is 18.2 Å². The molecule has 2 aromatic carbocycles. The third kappa shape index (κ3) is 4.21. The van der Waals surface area contributed by atoms with Gasteiger partial charge in [-0.2, -0.15) is 0 Å². The van der Waals surface area contributed by atoms with Crippen LogP contribution in [-0.4, -0.2) is 29.1 Å². The predicted octanol–water partition coefficient (Wildman–Crippen LogP) is 2.85. The summed E-state index contributed by atoms with van der Waals surface area (Å²) in [6.45, 7) is 3.53. The Bertz CT molecular complexity index is 1100. The Morgan fingerprint density at radius 1 is 1.11 bits per heavy atom. The third-order valence-electron chi connectivity index (χ3n) is 4.81. The zero-order valence-electron chi connectivity index (χ0n) is 15.8. The lowest BCUT2D eigenvalue weighted by Crippen LogP contribution is -2.38. The largest absolute Gasteiger partial charge is 0.270 e. The van der Waals surface area contributed by atoms with Crippen LogP contribution in [0.2, 0.25) is 0 Å². The molecule has 0 radical (unpaired) electrons. The van der Waals surface area contributed by atoms with Crippen LogP contribution in [0.25, 0.3) is 0 Å². The topological polar surface area (TPSA) is 83.6 Å². The van der Waals surface area contributed by atoms with E-state index in [2.05, 4.69) is 4.72 Å². The lowest BCUT2D eigenvalue weighted by Gasteiger charge is -2.30. The number of sulfonamides is 2. The molecule has 0 aromatic heterocycles.